The normalized spacial score (nSPS) is 13.9. The van der Waals surface area contributed by atoms with Crippen molar-refractivity contribution in [2.45, 2.75) is 18.0 Å². The largest absolute Gasteiger partial charge is 0.434 e. The molecule has 1 aromatic heterocycles. The third kappa shape index (κ3) is 4.87. The lowest BCUT2D eigenvalue weighted by Gasteiger charge is -2.25. The number of alkyl halides is 3. The minimum Gasteiger partial charge on any atom is -0.309 e. The van der Waals surface area contributed by atoms with Gasteiger partial charge < -0.3 is 9.99 Å². The van der Waals surface area contributed by atoms with Gasteiger partial charge in [-0.1, -0.05) is 18.2 Å². The van der Waals surface area contributed by atoms with E-state index in [1.165, 1.54) is 35.8 Å². The highest BCUT2D eigenvalue weighted by molar-refractivity contribution is 7.90. The number of benzene rings is 3. The van der Waals surface area contributed by atoms with Gasteiger partial charge in [-0.05, 0) is 66.6 Å². The Bertz CT molecular complexity index is 1660. The van der Waals surface area contributed by atoms with Crippen LogP contribution in [-0.4, -0.2) is 24.2 Å². The summed E-state index contributed by atoms with van der Waals surface area (Å²) < 4.78 is 79.4. The van der Waals surface area contributed by atoms with Gasteiger partial charge in [0.1, 0.15) is 11.6 Å². The maximum atomic E-state index is 13.6. The zero-order chi connectivity index (χ0) is 27.2. The van der Waals surface area contributed by atoms with E-state index in [0.29, 0.717) is 33.8 Å². The fourth-order valence-corrected chi connectivity index (χ4v) is 4.83. The van der Waals surface area contributed by atoms with Gasteiger partial charge in [-0.2, -0.15) is 13.2 Å². The summed E-state index contributed by atoms with van der Waals surface area (Å²) in [5, 5.41) is 1.61. The molecular weight excluding hydrogens is 522 g/mol. The average Bonchev–Trinajstić information content (AvgIpc) is 3.51. The number of aromatic nitrogens is 2. The molecule has 0 radical (unpaired) electrons. The molecule has 1 aliphatic rings. The summed E-state index contributed by atoms with van der Waals surface area (Å²) in [6, 6.07) is 17.2. The van der Waals surface area contributed by atoms with Crippen LogP contribution in [-0.2, 0) is 16.0 Å². The molecule has 0 saturated carbocycles. The van der Waals surface area contributed by atoms with Gasteiger partial charge in [-0.3, -0.25) is 5.01 Å². The van der Waals surface area contributed by atoms with Crippen LogP contribution >= 0.6 is 0 Å². The van der Waals surface area contributed by atoms with Crippen LogP contribution in [0.15, 0.2) is 84.0 Å². The van der Waals surface area contributed by atoms with Crippen molar-refractivity contribution in [1.29, 1.82) is 0 Å². The molecule has 0 unspecified atom stereocenters. The Kier molecular flexibility index (Phi) is 6.24. The number of sulfone groups is 1. The molecule has 0 atom stereocenters. The highest BCUT2D eigenvalue weighted by Gasteiger charge is 2.35. The number of rotatable bonds is 5. The van der Waals surface area contributed by atoms with Gasteiger partial charge in [0, 0.05) is 24.2 Å². The van der Waals surface area contributed by atoms with Crippen LogP contribution in [0.2, 0.25) is 0 Å². The van der Waals surface area contributed by atoms with E-state index in [0.717, 1.165) is 12.5 Å². The van der Waals surface area contributed by atoms with E-state index in [9.17, 15) is 26.0 Å². The summed E-state index contributed by atoms with van der Waals surface area (Å²) in [5.74, 6) is -0.299. The second-order valence-electron chi connectivity index (χ2n) is 8.67. The van der Waals surface area contributed by atoms with E-state index in [1.54, 1.807) is 53.7 Å². The number of hydrogen-bond acceptors (Lipinski definition) is 6. The number of imidazole rings is 1. The second kappa shape index (κ2) is 9.30. The van der Waals surface area contributed by atoms with Gasteiger partial charge >= 0.3 is 6.18 Å². The van der Waals surface area contributed by atoms with Gasteiger partial charge in [0.15, 0.2) is 15.5 Å². The predicted molar refractivity (Wildman–Crippen MR) is 135 cm³/mol. The Morgan fingerprint density at radius 3 is 2.24 bits per heavy atom. The first-order valence-electron chi connectivity index (χ1n) is 11.3. The fourth-order valence-electron chi connectivity index (χ4n) is 4.16. The first kappa shape index (κ1) is 25.5. The predicted octanol–water partition coefficient (Wildman–Crippen LogP) is 5.24. The van der Waals surface area contributed by atoms with Crippen LogP contribution in [0.1, 0.15) is 17.1 Å². The first-order valence-corrected chi connectivity index (χ1v) is 13.2. The zero-order valence-corrected chi connectivity index (χ0v) is 20.9. The molecular formula is C26H21F4N5O2S. The third-order valence-electron chi connectivity index (χ3n) is 6.01. The number of hydrogen-bond donors (Lipinski definition) is 2. The maximum Gasteiger partial charge on any atom is 0.434 e. The summed E-state index contributed by atoms with van der Waals surface area (Å²) in [6.45, 7) is 1.47. The van der Waals surface area contributed by atoms with Gasteiger partial charge in [0.25, 0.3) is 0 Å². The summed E-state index contributed by atoms with van der Waals surface area (Å²) in [5.41, 5.74) is 8.04. The molecule has 0 saturated heterocycles. The van der Waals surface area contributed by atoms with E-state index in [4.69, 9.17) is 0 Å². The number of halogens is 4. The molecule has 0 spiro atoms. The molecule has 2 heterocycles. The van der Waals surface area contributed by atoms with Crippen molar-refractivity contribution < 1.29 is 26.0 Å². The van der Waals surface area contributed by atoms with Crippen LogP contribution in [0.25, 0.3) is 22.5 Å². The molecule has 196 valence electrons. The average molecular weight is 544 g/mol. The maximum absolute atomic E-state index is 13.6. The first-order chi connectivity index (χ1) is 17.9. The highest BCUT2D eigenvalue weighted by atomic mass is 32.2. The van der Waals surface area contributed by atoms with Crippen molar-refractivity contribution in [3.8, 4) is 16.8 Å². The lowest BCUT2D eigenvalue weighted by Crippen LogP contribution is -2.37. The standard InChI is InChI=1S/C26H21F4N5O2S/c1-16-32-25(26(28,29)30)15-34(16)22-11-8-19(18-4-3-5-21(12-18)38(2,36)37)13-23(22)35-24(14-31-33-35)17-6-9-20(27)10-7-17/h3-15,31,33H,1-2H3. The third-order valence-corrected chi connectivity index (χ3v) is 7.12. The van der Waals surface area contributed by atoms with Crippen LogP contribution < -0.4 is 16.0 Å². The minimum atomic E-state index is -4.63. The molecule has 0 fully saturated rings. The SMILES string of the molecule is Cc1nc(C(F)(F)F)cn1-c1ccc(-c2cccc(S(C)(=O)=O)c2)cc1N1NNC=C1c1ccc(F)cc1. The molecule has 1 aliphatic heterocycles. The van der Waals surface area contributed by atoms with Gasteiger partial charge in [0.05, 0.1) is 22.0 Å². The van der Waals surface area contributed by atoms with Crippen molar-refractivity contribution in [3.05, 3.63) is 102 Å². The molecule has 5 rings (SSSR count). The van der Waals surface area contributed by atoms with Gasteiger partial charge in [-0.15, -0.1) is 5.53 Å². The molecule has 0 amide bonds. The summed E-state index contributed by atoms with van der Waals surface area (Å²) in [7, 11) is -3.47. The molecule has 0 bridgehead atoms. The molecule has 38 heavy (non-hydrogen) atoms. The van der Waals surface area contributed by atoms with E-state index >= 15 is 0 Å². The van der Waals surface area contributed by atoms with Gasteiger partial charge in [-0.25, -0.2) is 17.8 Å². The van der Waals surface area contributed by atoms with Crippen molar-refractivity contribution in [1.82, 2.24) is 20.5 Å². The number of hydrazine groups is 2. The lowest BCUT2D eigenvalue weighted by atomic mass is 10.0. The topological polar surface area (TPSA) is 79.3 Å². The van der Waals surface area contributed by atoms with E-state index < -0.39 is 27.5 Å². The lowest BCUT2D eigenvalue weighted by molar-refractivity contribution is -0.141. The van der Waals surface area contributed by atoms with Gasteiger partial charge in [0.2, 0.25) is 0 Å². The Balaban J connectivity index is 1.69. The van der Waals surface area contributed by atoms with Crippen molar-refractivity contribution in [3.63, 3.8) is 0 Å². The summed E-state index contributed by atoms with van der Waals surface area (Å²) >= 11 is 0. The van der Waals surface area contributed by atoms with Crippen LogP contribution in [0.3, 0.4) is 0 Å². The minimum absolute atomic E-state index is 0.116. The van der Waals surface area contributed by atoms with Crippen molar-refractivity contribution in [2.75, 3.05) is 11.3 Å². The second-order valence-corrected chi connectivity index (χ2v) is 10.7. The highest BCUT2D eigenvalue weighted by Crippen LogP contribution is 2.37. The fraction of sp³-hybridized carbons (Fsp3) is 0.115. The molecule has 2 N–H and O–H groups in total. The monoisotopic (exact) mass is 543 g/mol. The Morgan fingerprint density at radius 1 is 0.895 bits per heavy atom. The number of nitrogens with one attached hydrogen (secondary N) is 2. The van der Waals surface area contributed by atoms with Crippen molar-refractivity contribution in [2.24, 2.45) is 0 Å². The summed E-state index contributed by atoms with van der Waals surface area (Å²) in [6.07, 6.45) is -0.964. The van der Waals surface area contributed by atoms with E-state index in [2.05, 4.69) is 15.9 Å². The van der Waals surface area contributed by atoms with Crippen LogP contribution in [0.4, 0.5) is 23.2 Å². The summed E-state index contributed by atoms with van der Waals surface area (Å²) in [4.78, 5) is 3.83. The number of anilines is 1. The molecule has 7 nitrogen and oxygen atoms in total. The molecule has 0 aliphatic carbocycles. The number of nitrogens with zero attached hydrogens (tertiary/aromatic N) is 3. The quantitative estimate of drug-likeness (QED) is 0.336. The number of aryl methyl sites for hydroxylation is 1. The van der Waals surface area contributed by atoms with Crippen molar-refractivity contribution >= 4 is 21.2 Å². The molecule has 3 aromatic carbocycles. The van der Waals surface area contributed by atoms with Crippen LogP contribution in [0, 0.1) is 12.7 Å². The molecule has 4 aromatic rings. The Labute approximate surface area is 215 Å². The van der Waals surface area contributed by atoms with E-state index in [-0.39, 0.29) is 10.7 Å². The molecule has 12 heteroatoms. The zero-order valence-electron chi connectivity index (χ0n) is 20.1. The van der Waals surface area contributed by atoms with Crippen LogP contribution in [0.5, 0.6) is 0 Å². The Hall–Kier alpha value is -4.16. The Morgan fingerprint density at radius 2 is 1.58 bits per heavy atom. The van der Waals surface area contributed by atoms with E-state index in [1.807, 2.05) is 0 Å². The smallest absolute Gasteiger partial charge is 0.309 e.